The predicted octanol–water partition coefficient (Wildman–Crippen LogP) is 0.483. The van der Waals surface area contributed by atoms with Gasteiger partial charge in [-0.05, 0) is 17.7 Å². The normalized spacial score (nSPS) is 18.0. The molecule has 0 radical (unpaired) electrons. The van der Waals surface area contributed by atoms with Crippen LogP contribution in [0.4, 0.5) is 0 Å². The average molecular weight is 335 g/mol. The van der Waals surface area contributed by atoms with E-state index in [9.17, 15) is 9.59 Å². The molecule has 1 aromatic carbocycles. The largest absolute Gasteiger partial charge is 0.493 e. The molecule has 1 saturated heterocycles. The maximum absolute atomic E-state index is 12.2. The Morgan fingerprint density at radius 3 is 2.62 bits per heavy atom. The summed E-state index contributed by atoms with van der Waals surface area (Å²) >= 11 is 0. The van der Waals surface area contributed by atoms with Gasteiger partial charge in [-0.25, -0.2) is 0 Å². The summed E-state index contributed by atoms with van der Waals surface area (Å²) in [6, 6.07) is 5.23. The molecule has 2 rings (SSSR count). The molecule has 1 aromatic rings. The van der Waals surface area contributed by atoms with Crippen molar-refractivity contribution in [2.75, 3.05) is 41.4 Å². The van der Waals surface area contributed by atoms with E-state index in [1.807, 2.05) is 23.1 Å². The number of nitrogens with zero attached hydrogens (tertiary/aromatic N) is 2. The third kappa shape index (κ3) is 4.17. The Morgan fingerprint density at radius 1 is 1.29 bits per heavy atom. The van der Waals surface area contributed by atoms with Crippen LogP contribution in [0.15, 0.2) is 18.2 Å². The minimum Gasteiger partial charge on any atom is -0.493 e. The van der Waals surface area contributed by atoms with E-state index in [1.165, 1.54) is 4.90 Å². The molecule has 1 aliphatic rings. The Labute approximate surface area is 142 Å². The smallest absolute Gasteiger partial charge is 0.237 e. The summed E-state index contributed by atoms with van der Waals surface area (Å²) in [6.45, 7) is 1.85. The number of rotatable bonds is 6. The molecule has 7 nitrogen and oxygen atoms in total. The first-order chi connectivity index (χ1) is 11.5. The van der Waals surface area contributed by atoms with Gasteiger partial charge in [-0.2, -0.15) is 0 Å². The quantitative estimate of drug-likeness (QED) is 0.819. The van der Waals surface area contributed by atoms with Crippen molar-refractivity contribution in [1.82, 2.24) is 15.1 Å². The first kappa shape index (κ1) is 18.1. The van der Waals surface area contributed by atoms with Crippen molar-refractivity contribution in [3.05, 3.63) is 23.8 Å². The summed E-state index contributed by atoms with van der Waals surface area (Å²) in [5.41, 5.74) is 1.00. The molecule has 0 spiro atoms. The summed E-state index contributed by atoms with van der Waals surface area (Å²) in [7, 11) is 6.58. The van der Waals surface area contributed by atoms with Crippen LogP contribution in [0, 0.1) is 0 Å². The molecular formula is C17H25N3O4. The zero-order chi connectivity index (χ0) is 17.7. The highest BCUT2D eigenvalue weighted by atomic mass is 16.5. The van der Waals surface area contributed by atoms with Crippen LogP contribution in [-0.4, -0.2) is 69.1 Å². The maximum Gasteiger partial charge on any atom is 0.237 e. The van der Waals surface area contributed by atoms with Crippen molar-refractivity contribution >= 4 is 11.8 Å². The molecule has 24 heavy (non-hydrogen) atoms. The Balaban J connectivity index is 2.16. The van der Waals surface area contributed by atoms with Gasteiger partial charge in [-0.15, -0.1) is 0 Å². The second-order valence-corrected chi connectivity index (χ2v) is 5.96. The number of carbonyl (C=O) groups is 2. The van der Waals surface area contributed by atoms with Gasteiger partial charge in [0.15, 0.2) is 11.5 Å². The summed E-state index contributed by atoms with van der Waals surface area (Å²) in [5.74, 6) is 1.15. The fourth-order valence-electron chi connectivity index (χ4n) is 2.73. The van der Waals surface area contributed by atoms with Crippen molar-refractivity contribution in [3.8, 4) is 11.5 Å². The highest BCUT2D eigenvalue weighted by Gasteiger charge is 2.32. The highest BCUT2D eigenvalue weighted by Crippen LogP contribution is 2.28. The molecule has 1 heterocycles. The van der Waals surface area contributed by atoms with Crippen LogP contribution < -0.4 is 14.8 Å². The van der Waals surface area contributed by atoms with Gasteiger partial charge in [-0.1, -0.05) is 6.07 Å². The van der Waals surface area contributed by atoms with Crippen LogP contribution in [0.2, 0.25) is 0 Å². The lowest BCUT2D eigenvalue weighted by Crippen LogP contribution is -2.56. The van der Waals surface area contributed by atoms with Gasteiger partial charge in [0.1, 0.15) is 0 Å². The summed E-state index contributed by atoms with van der Waals surface area (Å²) < 4.78 is 10.6. The first-order valence-electron chi connectivity index (χ1n) is 7.89. The average Bonchev–Trinajstić information content (AvgIpc) is 2.57. The fourth-order valence-corrected chi connectivity index (χ4v) is 2.73. The lowest BCUT2D eigenvalue weighted by atomic mass is 10.1. The summed E-state index contributed by atoms with van der Waals surface area (Å²) in [5, 5.41) is 2.84. The number of hydrogen-bond acceptors (Lipinski definition) is 5. The number of methoxy groups -OCH3 is 2. The van der Waals surface area contributed by atoms with Gasteiger partial charge < -0.3 is 19.7 Å². The zero-order valence-corrected chi connectivity index (χ0v) is 14.7. The van der Waals surface area contributed by atoms with Crippen LogP contribution in [0.3, 0.4) is 0 Å². The van der Waals surface area contributed by atoms with Gasteiger partial charge in [-0.3, -0.25) is 14.5 Å². The third-order valence-electron chi connectivity index (χ3n) is 4.14. The van der Waals surface area contributed by atoms with Crippen LogP contribution in [0.5, 0.6) is 11.5 Å². The molecule has 0 bridgehead atoms. The number of ether oxygens (including phenoxy) is 2. The Bertz CT molecular complexity index is 603. The van der Waals surface area contributed by atoms with Crippen LogP contribution in [0.1, 0.15) is 12.0 Å². The lowest BCUT2D eigenvalue weighted by Gasteiger charge is -2.35. The fraction of sp³-hybridized carbons (Fsp3) is 0.529. The van der Waals surface area contributed by atoms with Gasteiger partial charge in [0.2, 0.25) is 11.8 Å². The molecule has 1 aliphatic heterocycles. The van der Waals surface area contributed by atoms with Gasteiger partial charge in [0.05, 0.1) is 26.7 Å². The number of benzene rings is 1. The van der Waals surface area contributed by atoms with E-state index in [1.54, 1.807) is 28.3 Å². The van der Waals surface area contributed by atoms with Crippen molar-refractivity contribution in [3.63, 3.8) is 0 Å². The van der Waals surface area contributed by atoms with E-state index in [0.717, 1.165) is 5.56 Å². The minimum absolute atomic E-state index is 0.0608. The molecule has 1 N–H and O–H groups in total. The molecule has 0 aliphatic carbocycles. The van der Waals surface area contributed by atoms with Crippen molar-refractivity contribution in [1.29, 1.82) is 0 Å². The number of amides is 2. The topological polar surface area (TPSA) is 71.1 Å². The van der Waals surface area contributed by atoms with Gasteiger partial charge in [0, 0.05) is 33.7 Å². The Morgan fingerprint density at radius 2 is 2.00 bits per heavy atom. The van der Waals surface area contributed by atoms with E-state index in [0.29, 0.717) is 31.1 Å². The molecule has 0 saturated carbocycles. The zero-order valence-electron chi connectivity index (χ0n) is 14.7. The molecule has 132 valence electrons. The van der Waals surface area contributed by atoms with Gasteiger partial charge >= 0.3 is 0 Å². The molecule has 0 unspecified atom stereocenters. The summed E-state index contributed by atoms with van der Waals surface area (Å²) in [4.78, 5) is 27.8. The third-order valence-corrected chi connectivity index (χ3v) is 4.14. The van der Waals surface area contributed by atoms with E-state index >= 15 is 0 Å². The van der Waals surface area contributed by atoms with Crippen LogP contribution in [0.25, 0.3) is 0 Å². The SMILES string of the molecule is COc1ccc(CN2CCNC(=O)[C@H]2CC(=O)N(C)C)cc1OC. The predicted molar refractivity (Wildman–Crippen MR) is 90.1 cm³/mol. The van der Waals surface area contributed by atoms with E-state index in [4.69, 9.17) is 9.47 Å². The second-order valence-electron chi connectivity index (χ2n) is 5.96. The second kappa shape index (κ2) is 8.01. The summed E-state index contributed by atoms with van der Waals surface area (Å²) in [6.07, 6.45) is 0.173. The standard InChI is InChI=1S/C17H25N3O4/c1-19(2)16(21)10-13-17(22)18-7-8-20(13)11-12-5-6-14(23-3)15(9-12)24-4/h5-6,9,13H,7-8,10-11H2,1-4H3,(H,18,22)/t13-/m1/s1. The molecule has 7 heteroatoms. The maximum atomic E-state index is 12.2. The van der Waals surface area contributed by atoms with Crippen LogP contribution in [-0.2, 0) is 16.1 Å². The highest BCUT2D eigenvalue weighted by molar-refractivity contribution is 5.88. The number of piperazine rings is 1. The van der Waals surface area contributed by atoms with E-state index in [-0.39, 0.29) is 18.2 Å². The van der Waals surface area contributed by atoms with E-state index < -0.39 is 6.04 Å². The van der Waals surface area contributed by atoms with Crippen molar-refractivity contribution in [2.45, 2.75) is 19.0 Å². The first-order valence-corrected chi connectivity index (χ1v) is 7.89. The minimum atomic E-state index is -0.457. The molecule has 1 atom stereocenters. The molecule has 2 amide bonds. The number of hydrogen-bond donors (Lipinski definition) is 1. The Kier molecular flexibility index (Phi) is 6.03. The Hall–Kier alpha value is -2.28. The van der Waals surface area contributed by atoms with E-state index in [2.05, 4.69) is 5.32 Å². The molecular weight excluding hydrogens is 310 g/mol. The lowest BCUT2D eigenvalue weighted by molar-refractivity contribution is -0.137. The molecule has 1 fully saturated rings. The number of carbonyl (C=O) groups excluding carboxylic acids is 2. The number of nitrogens with one attached hydrogen (secondary N) is 1. The van der Waals surface area contributed by atoms with Gasteiger partial charge in [0.25, 0.3) is 0 Å². The van der Waals surface area contributed by atoms with Crippen molar-refractivity contribution in [2.24, 2.45) is 0 Å². The molecule has 0 aromatic heterocycles. The monoisotopic (exact) mass is 335 g/mol. The van der Waals surface area contributed by atoms with Crippen molar-refractivity contribution < 1.29 is 19.1 Å². The van der Waals surface area contributed by atoms with Crippen LogP contribution >= 0.6 is 0 Å².